The highest BCUT2D eigenvalue weighted by Crippen LogP contribution is 2.14. The van der Waals surface area contributed by atoms with Crippen LogP contribution in [0.4, 0.5) is 10.5 Å². The first kappa shape index (κ1) is 11.2. The number of nitrogens with one attached hydrogen (secondary N) is 3. The molecule has 1 aromatic rings. The van der Waals surface area contributed by atoms with Gasteiger partial charge in [0.2, 0.25) is 0 Å². The quantitative estimate of drug-likeness (QED) is 0.752. The van der Waals surface area contributed by atoms with Crippen molar-refractivity contribution >= 4 is 23.3 Å². The molecule has 0 spiro atoms. The largest absolute Gasteiger partial charge is 0.337 e. The molecule has 1 aromatic carbocycles. The van der Waals surface area contributed by atoms with E-state index in [1.807, 2.05) is 0 Å². The molecule has 1 aliphatic rings. The average Bonchev–Trinajstić information content (AvgIpc) is 2.15. The fraction of sp³-hybridized carbons (Fsp3) is 0.364. The number of carbonyl (C=O) groups excluding carboxylic acids is 1. The topological polar surface area (TPSA) is 53.2 Å². The maximum Gasteiger partial charge on any atom is 0.319 e. The van der Waals surface area contributed by atoms with Crippen LogP contribution in [0, 0.1) is 5.92 Å². The lowest BCUT2D eigenvalue weighted by Gasteiger charge is -2.27. The molecule has 0 saturated carbocycles. The highest BCUT2D eigenvalue weighted by Gasteiger charge is 2.16. The molecule has 2 rings (SSSR count). The number of rotatable bonds is 3. The predicted molar refractivity (Wildman–Crippen MR) is 64.8 cm³/mol. The van der Waals surface area contributed by atoms with Crippen molar-refractivity contribution in [2.75, 3.05) is 25.0 Å². The summed E-state index contributed by atoms with van der Waals surface area (Å²) in [4.78, 5) is 11.5. The molecular formula is C11H14ClN3O. The summed E-state index contributed by atoms with van der Waals surface area (Å²) < 4.78 is 0. The minimum atomic E-state index is -0.186. The zero-order valence-corrected chi connectivity index (χ0v) is 9.55. The number of amides is 2. The Labute approximate surface area is 99.4 Å². The van der Waals surface area contributed by atoms with E-state index in [0.29, 0.717) is 23.2 Å². The van der Waals surface area contributed by atoms with E-state index < -0.39 is 0 Å². The highest BCUT2D eigenvalue weighted by atomic mass is 35.5. The van der Waals surface area contributed by atoms with Gasteiger partial charge in [0.05, 0.1) is 0 Å². The lowest BCUT2D eigenvalue weighted by Crippen LogP contribution is -2.48. The van der Waals surface area contributed by atoms with Crippen molar-refractivity contribution in [3.05, 3.63) is 29.3 Å². The van der Waals surface area contributed by atoms with Gasteiger partial charge in [-0.1, -0.05) is 17.7 Å². The van der Waals surface area contributed by atoms with Gasteiger partial charge in [-0.3, -0.25) is 0 Å². The van der Waals surface area contributed by atoms with Crippen molar-refractivity contribution in [2.45, 2.75) is 0 Å². The summed E-state index contributed by atoms with van der Waals surface area (Å²) in [6.45, 7) is 2.67. The van der Waals surface area contributed by atoms with E-state index in [-0.39, 0.29) is 6.03 Å². The monoisotopic (exact) mass is 239 g/mol. The van der Waals surface area contributed by atoms with E-state index in [1.165, 1.54) is 0 Å². The average molecular weight is 240 g/mol. The van der Waals surface area contributed by atoms with Gasteiger partial charge in [0, 0.05) is 36.3 Å². The van der Waals surface area contributed by atoms with Crippen LogP contribution in [0.2, 0.25) is 5.02 Å². The predicted octanol–water partition coefficient (Wildman–Crippen LogP) is 1.68. The van der Waals surface area contributed by atoms with Gasteiger partial charge in [-0.15, -0.1) is 0 Å². The fourth-order valence-corrected chi connectivity index (χ4v) is 1.66. The summed E-state index contributed by atoms with van der Waals surface area (Å²) in [5, 5.41) is 9.32. The molecule has 16 heavy (non-hydrogen) atoms. The van der Waals surface area contributed by atoms with E-state index in [2.05, 4.69) is 16.0 Å². The van der Waals surface area contributed by atoms with Crippen LogP contribution in [-0.2, 0) is 0 Å². The van der Waals surface area contributed by atoms with Gasteiger partial charge >= 0.3 is 6.03 Å². The van der Waals surface area contributed by atoms with Crippen LogP contribution in [0.15, 0.2) is 24.3 Å². The number of carbonyl (C=O) groups is 1. The number of anilines is 1. The molecule has 1 heterocycles. The van der Waals surface area contributed by atoms with Crippen molar-refractivity contribution in [3.63, 3.8) is 0 Å². The van der Waals surface area contributed by atoms with Gasteiger partial charge in [-0.2, -0.15) is 0 Å². The molecule has 0 aromatic heterocycles. The fourth-order valence-electron chi connectivity index (χ4n) is 1.47. The lowest BCUT2D eigenvalue weighted by molar-refractivity contribution is 0.246. The maximum atomic E-state index is 11.5. The smallest absolute Gasteiger partial charge is 0.319 e. The van der Waals surface area contributed by atoms with Crippen LogP contribution >= 0.6 is 11.6 Å². The van der Waals surface area contributed by atoms with Crippen molar-refractivity contribution in [1.82, 2.24) is 10.6 Å². The summed E-state index contributed by atoms with van der Waals surface area (Å²) in [5.41, 5.74) is 0.705. The standard InChI is InChI=1S/C11H14ClN3O/c12-9-2-1-3-10(4-9)15-11(16)14-7-8-5-13-6-8/h1-4,8,13H,5-7H2,(H2,14,15,16). The Morgan fingerprint density at radius 2 is 2.31 bits per heavy atom. The maximum absolute atomic E-state index is 11.5. The Hall–Kier alpha value is -1.26. The third kappa shape index (κ3) is 3.12. The number of hydrogen-bond donors (Lipinski definition) is 3. The molecule has 1 saturated heterocycles. The zero-order valence-electron chi connectivity index (χ0n) is 8.79. The Balaban J connectivity index is 1.77. The molecule has 5 heteroatoms. The summed E-state index contributed by atoms with van der Waals surface area (Å²) in [7, 11) is 0. The molecule has 2 amide bonds. The molecule has 3 N–H and O–H groups in total. The summed E-state index contributed by atoms with van der Waals surface area (Å²) >= 11 is 5.81. The van der Waals surface area contributed by atoms with Gasteiger partial charge in [0.15, 0.2) is 0 Å². The summed E-state index contributed by atoms with van der Waals surface area (Å²) in [6, 6.07) is 6.90. The van der Waals surface area contributed by atoms with Crippen LogP contribution < -0.4 is 16.0 Å². The molecule has 0 aliphatic carbocycles. The first-order chi connectivity index (χ1) is 7.74. The van der Waals surface area contributed by atoms with Crippen molar-refractivity contribution in [3.8, 4) is 0 Å². The molecular weight excluding hydrogens is 226 g/mol. The van der Waals surface area contributed by atoms with Gasteiger partial charge in [0.25, 0.3) is 0 Å². The SMILES string of the molecule is O=C(NCC1CNC1)Nc1cccc(Cl)c1. The first-order valence-electron chi connectivity index (χ1n) is 5.25. The number of benzene rings is 1. The van der Waals surface area contributed by atoms with Crippen LogP contribution in [0.1, 0.15) is 0 Å². The van der Waals surface area contributed by atoms with Crippen molar-refractivity contribution in [1.29, 1.82) is 0 Å². The molecule has 1 aliphatic heterocycles. The second-order valence-electron chi connectivity index (χ2n) is 3.87. The van der Waals surface area contributed by atoms with Crippen molar-refractivity contribution in [2.24, 2.45) is 5.92 Å². The molecule has 0 unspecified atom stereocenters. The van der Waals surface area contributed by atoms with E-state index in [9.17, 15) is 4.79 Å². The molecule has 0 bridgehead atoms. The Morgan fingerprint density at radius 1 is 1.50 bits per heavy atom. The molecule has 1 fully saturated rings. The molecule has 4 nitrogen and oxygen atoms in total. The van der Waals surface area contributed by atoms with Crippen LogP contribution in [0.25, 0.3) is 0 Å². The van der Waals surface area contributed by atoms with Gasteiger partial charge < -0.3 is 16.0 Å². The second-order valence-corrected chi connectivity index (χ2v) is 4.31. The highest BCUT2D eigenvalue weighted by molar-refractivity contribution is 6.30. The van der Waals surface area contributed by atoms with E-state index in [4.69, 9.17) is 11.6 Å². The Kier molecular flexibility index (Phi) is 3.64. The second kappa shape index (κ2) is 5.18. The summed E-state index contributed by atoms with van der Waals surface area (Å²) in [5.74, 6) is 0.560. The number of halogens is 1. The molecule has 0 atom stereocenters. The zero-order chi connectivity index (χ0) is 11.4. The van der Waals surface area contributed by atoms with Crippen LogP contribution in [0.5, 0.6) is 0 Å². The number of hydrogen-bond acceptors (Lipinski definition) is 2. The normalized spacial score (nSPS) is 15.3. The van der Waals surface area contributed by atoms with E-state index in [1.54, 1.807) is 24.3 Å². The summed E-state index contributed by atoms with van der Waals surface area (Å²) in [6.07, 6.45) is 0. The van der Waals surface area contributed by atoms with E-state index in [0.717, 1.165) is 13.1 Å². The first-order valence-corrected chi connectivity index (χ1v) is 5.63. The minimum Gasteiger partial charge on any atom is -0.337 e. The van der Waals surface area contributed by atoms with Crippen LogP contribution in [-0.4, -0.2) is 25.7 Å². The van der Waals surface area contributed by atoms with Crippen LogP contribution in [0.3, 0.4) is 0 Å². The van der Waals surface area contributed by atoms with Crippen molar-refractivity contribution < 1.29 is 4.79 Å². The lowest BCUT2D eigenvalue weighted by atomic mass is 10.0. The third-order valence-corrected chi connectivity index (χ3v) is 2.73. The third-order valence-electron chi connectivity index (χ3n) is 2.50. The van der Waals surface area contributed by atoms with Gasteiger partial charge in [-0.05, 0) is 18.2 Å². The molecule has 0 radical (unpaired) electrons. The Bertz CT molecular complexity index is 379. The molecule has 86 valence electrons. The van der Waals surface area contributed by atoms with E-state index >= 15 is 0 Å². The minimum absolute atomic E-state index is 0.186. The van der Waals surface area contributed by atoms with Gasteiger partial charge in [-0.25, -0.2) is 4.79 Å². The van der Waals surface area contributed by atoms with Gasteiger partial charge in [0.1, 0.15) is 0 Å². The number of urea groups is 1. The Morgan fingerprint density at radius 3 is 2.94 bits per heavy atom.